The molecule has 6 nitrogen and oxygen atoms in total. The number of hydrogen-bond acceptors (Lipinski definition) is 4. The Balaban J connectivity index is 1.73. The van der Waals surface area contributed by atoms with Gasteiger partial charge in [-0.05, 0) is 51.7 Å². The van der Waals surface area contributed by atoms with Gasteiger partial charge in [0.05, 0.1) is 12.3 Å². The van der Waals surface area contributed by atoms with Crippen LogP contribution in [0.15, 0.2) is 22.8 Å². The Bertz CT molecular complexity index is 576. The maximum atomic E-state index is 12.5. The third-order valence-electron chi connectivity index (χ3n) is 4.36. The topological polar surface area (TPSA) is 63.0 Å². The van der Waals surface area contributed by atoms with Crippen LogP contribution in [-0.4, -0.2) is 53.1 Å². The van der Waals surface area contributed by atoms with Crippen molar-refractivity contribution in [3.05, 3.63) is 24.2 Å². The molecule has 2 atom stereocenters. The summed E-state index contributed by atoms with van der Waals surface area (Å²) in [6.07, 6.45) is 3.17. The molecule has 0 aliphatic carbocycles. The van der Waals surface area contributed by atoms with Crippen LogP contribution >= 0.6 is 0 Å². The van der Waals surface area contributed by atoms with Crippen LogP contribution in [0.1, 0.15) is 44.2 Å². The molecular weight excluding hydrogens is 296 g/mol. The van der Waals surface area contributed by atoms with Crippen molar-refractivity contribution in [3.63, 3.8) is 0 Å². The van der Waals surface area contributed by atoms with Gasteiger partial charge in [0.2, 0.25) is 0 Å². The maximum Gasteiger partial charge on any atom is 0.410 e. The van der Waals surface area contributed by atoms with Gasteiger partial charge >= 0.3 is 6.09 Å². The number of nitrogens with zero attached hydrogens (tertiary/aromatic N) is 2. The Kier molecular flexibility index (Phi) is 4.08. The number of hydrogen-bond donors (Lipinski definition) is 0. The molecule has 3 aliphatic rings. The lowest BCUT2D eigenvalue weighted by Crippen LogP contribution is -2.49. The molecule has 6 heteroatoms. The van der Waals surface area contributed by atoms with E-state index in [-0.39, 0.29) is 18.0 Å². The Labute approximate surface area is 136 Å². The van der Waals surface area contributed by atoms with Gasteiger partial charge < -0.3 is 19.0 Å². The number of carbonyl (C=O) groups is 2. The van der Waals surface area contributed by atoms with E-state index in [1.165, 1.54) is 6.26 Å². The van der Waals surface area contributed by atoms with E-state index in [0.717, 1.165) is 12.8 Å². The summed E-state index contributed by atoms with van der Waals surface area (Å²) < 4.78 is 10.7. The van der Waals surface area contributed by atoms with E-state index in [9.17, 15) is 9.59 Å². The number of fused-ring (bicyclic) bond motifs is 4. The summed E-state index contributed by atoms with van der Waals surface area (Å²) in [7, 11) is 0. The van der Waals surface area contributed by atoms with E-state index in [0.29, 0.717) is 31.3 Å². The van der Waals surface area contributed by atoms with Crippen molar-refractivity contribution in [2.75, 3.05) is 19.6 Å². The van der Waals surface area contributed by atoms with Crippen LogP contribution in [0.2, 0.25) is 0 Å². The zero-order valence-corrected chi connectivity index (χ0v) is 13.9. The lowest BCUT2D eigenvalue weighted by molar-refractivity contribution is 0.00735. The van der Waals surface area contributed by atoms with Gasteiger partial charge in [-0.15, -0.1) is 0 Å². The summed E-state index contributed by atoms with van der Waals surface area (Å²) in [4.78, 5) is 28.6. The molecule has 126 valence electrons. The predicted molar refractivity (Wildman–Crippen MR) is 84.1 cm³/mol. The minimum atomic E-state index is -0.508. The number of carbonyl (C=O) groups excluding carboxylic acids is 2. The van der Waals surface area contributed by atoms with Gasteiger partial charge in [-0.2, -0.15) is 0 Å². The molecule has 3 fully saturated rings. The van der Waals surface area contributed by atoms with Crippen molar-refractivity contribution in [2.24, 2.45) is 5.92 Å². The number of ether oxygens (including phenoxy) is 1. The number of amides is 2. The summed E-state index contributed by atoms with van der Waals surface area (Å²) in [5.74, 6) is 0.549. The average molecular weight is 320 g/mol. The van der Waals surface area contributed by atoms with Gasteiger partial charge in [-0.25, -0.2) is 4.79 Å². The average Bonchev–Trinajstić information content (AvgIpc) is 2.84. The first-order valence-electron chi connectivity index (χ1n) is 8.16. The van der Waals surface area contributed by atoms with Crippen LogP contribution in [0.4, 0.5) is 4.79 Å². The second-order valence-corrected chi connectivity index (χ2v) is 7.42. The van der Waals surface area contributed by atoms with Gasteiger partial charge in [0.25, 0.3) is 5.91 Å². The molecule has 1 aromatic rings. The van der Waals surface area contributed by atoms with Gasteiger partial charge in [0, 0.05) is 19.6 Å². The van der Waals surface area contributed by atoms with Crippen LogP contribution < -0.4 is 0 Å². The summed E-state index contributed by atoms with van der Waals surface area (Å²) in [5.41, 5.74) is -0.508. The van der Waals surface area contributed by atoms with Crippen molar-refractivity contribution in [1.29, 1.82) is 0 Å². The van der Waals surface area contributed by atoms with Gasteiger partial charge in [0.15, 0.2) is 5.76 Å². The van der Waals surface area contributed by atoms with Crippen LogP contribution in [0, 0.1) is 5.92 Å². The van der Waals surface area contributed by atoms with Crippen LogP contribution in [0.5, 0.6) is 0 Å². The number of rotatable bonds is 1. The highest BCUT2D eigenvalue weighted by molar-refractivity contribution is 5.91. The van der Waals surface area contributed by atoms with Crippen molar-refractivity contribution in [2.45, 2.75) is 45.3 Å². The first-order chi connectivity index (χ1) is 10.8. The normalized spacial score (nSPS) is 24.5. The highest BCUT2D eigenvalue weighted by atomic mass is 16.6. The van der Waals surface area contributed by atoms with E-state index >= 15 is 0 Å². The fourth-order valence-corrected chi connectivity index (χ4v) is 3.35. The van der Waals surface area contributed by atoms with Crippen molar-refractivity contribution < 1.29 is 18.7 Å². The minimum absolute atomic E-state index is 0.0162. The predicted octanol–water partition coefficient (Wildman–Crippen LogP) is 2.75. The molecule has 3 saturated heterocycles. The fourth-order valence-electron chi connectivity index (χ4n) is 3.35. The summed E-state index contributed by atoms with van der Waals surface area (Å²) in [5, 5.41) is 0. The summed E-state index contributed by atoms with van der Waals surface area (Å²) in [6.45, 7) is 7.46. The molecule has 4 heterocycles. The molecule has 2 amide bonds. The second kappa shape index (κ2) is 5.91. The third kappa shape index (κ3) is 3.51. The first-order valence-corrected chi connectivity index (χ1v) is 8.16. The van der Waals surface area contributed by atoms with E-state index in [4.69, 9.17) is 9.15 Å². The number of piperidine rings is 1. The molecule has 23 heavy (non-hydrogen) atoms. The van der Waals surface area contributed by atoms with Crippen LogP contribution in [0.3, 0.4) is 0 Å². The quantitative estimate of drug-likeness (QED) is 0.798. The standard InChI is InChI=1S/C17H24N2O4/c1-17(2,3)23-16(21)19-10-12-6-7-13(19)11-18(9-12)15(20)14-5-4-8-22-14/h4-5,8,12-13H,6-7,9-11H2,1-3H3. The zero-order valence-electron chi connectivity index (χ0n) is 13.9. The monoisotopic (exact) mass is 320 g/mol. The van der Waals surface area contributed by atoms with Crippen molar-refractivity contribution in [1.82, 2.24) is 9.80 Å². The van der Waals surface area contributed by atoms with Gasteiger partial charge in [-0.1, -0.05) is 0 Å². The van der Waals surface area contributed by atoms with Gasteiger partial charge in [-0.3, -0.25) is 4.79 Å². The molecule has 0 aromatic carbocycles. The summed E-state index contributed by atoms with van der Waals surface area (Å²) in [6, 6.07) is 3.41. The smallest absolute Gasteiger partial charge is 0.410 e. The van der Waals surface area contributed by atoms with Crippen LogP contribution in [-0.2, 0) is 4.74 Å². The van der Waals surface area contributed by atoms with E-state index in [2.05, 4.69) is 0 Å². The second-order valence-electron chi connectivity index (χ2n) is 7.42. The lowest BCUT2D eigenvalue weighted by Gasteiger charge is -2.36. The molecule has 2 unspecified atom stereocenters. The lowest BCUT2D eigenvalue weighted by atomic mass is 9.95. The molecular formula is C17H24N2O4. The minimum Gasteiger partial charge on any atom is -0.459 e. The Morgan fingerprint density at radius 2 is 2.00 bits per heavy atom. The highest BCUT2D eigenvalue weighted by Gasteiger charge is 2.40. The molecule has 0 radical (unpaired) electrons. The fraction of sp³-hybridized carbons (Fsp3) is 0.647. The molecule has 0 saturated carbocycles. The summed E-state index contributed by atoms with van der Waals surface area (Å²) >= 11 is 0. The van der Waals surface area contributed by atoms with E-state index < -0.39 is 5.60 Å². The zero-order chi connectivity index (χ0) is 16.6. The molecule has 0 N–H and O–H groups in total. The van der Waals surface area contributed by atoms with E-state index in [1.54, 1.807) is 17.0 Å². The molecule has 0 spiro atoms. The van der Waals surface area contributed by atoms with Crippen molar-refractivity contribution in [3.8, 4) is 0 Å². The number of furan rings is 1. The highest BCUT2D eigenvalue weighted by Crippen LogP contribution is 2.30. The van der Waals surface area contributed by atoms with Gasteiger partial charge in [0.1, 0.15) is 5.60 Å². The first kappa shape index (κ1) is 15.9. The van der Waals surface area contributed by atoms with Crippen LogP contribution in [0.25, 0.3) is 0 Å². The Morgan fingerprint density at radius 1 is 1.22 bits per heavy atom. The molecule has 2 bridgehead atoms. The van der Waals surface area contributed by atoms with Crippen molar-refractivity contribution >= 4 is 12.0 Å². The Hall–Kier alpha value is -1.98. The molecule has 1 aromatic heterocycles. The Morgan fingerprint density at radius 3 is 2.65 bits per heavy atom. The molecule has 4 rings (SSSR count). The SMILES string of the molecule is CC(C)(C)OC(=O)N1CC2CCC1CN(C(=O)c1ccco1)C2. The maximum absolute atomic E-state index is 12.5. The van der Waals surface area contributed by atoms with E-state index in [1.807, 2.05) is 25.7 Å². The molecule has 3 aliphatic heterocycles. The third-order valence-corrected chi connectivity index (χ3v) is 4.36. The largest absolute Gasteiger partial charge is 0.459 e.